The lowest BCUT2D eigenvalue weighted by Crippen LogP contribution is -2.39. The van der Waals surface area contributed by atoms with E-state index in [2.05, 4.69) is 15.1 Å². The maximum absolute atomic E-state index is 12.6. The Morgan fingerprint density at radius 2 is 2.04 bits per heavy atom. The molecule has 1 aliphatic rings. The fourth-order valence-electron chi connectivity index (χ4n) is 2.65. The Hall–Kier alpha value is -2.10. The van der Waals surface area contributed by atoms with Crippen LogP contribution in [-0.4, -0.2) is 49.2 Å². The number of pyridine rings is 1. The highest BCUT2D eigenvalue weighted by Crippen LogP contribution is 2.37. The van der Waals surface area contributed by atoms with Gasteiger partial charge in [-0.15, -0.1) is 0 Å². The third kappa shape index (κ3) is 3.86. The molecule has 24 heavy (non-hydrogen) atoms. The van der Waals surface area contributed by atoms with Gasteiger partial charge in [0.25, 0.3) is 5.91 Å². The van der Waals surface area contributed by atoms with E-state index in [-0.39, 0.29) is 28.4 Å². The summed E-state index contributed by atoms with van der Waals surface area (Å²) in [6.07, 6.45) is 5.69. The Balaban J connectivity index is 1.70. The molecule has 6 nitrogen and oxygen atoms in total. The average molecular weight is 357 g/mol. The summed E-state index contributed by atoms with van der Waals surface area (Å²) >= 11 is -0.363. The summed E-state index contributed by atoms with van der Waals surface area (Å²) in [5.41, 5.74) is -4.50. The summed E-state index contributed by atoms with van der Waals surface area (Å²) in [6, 6.07) is 3.00. The summed E-state index contributed by atoms with van der Waals surface area (Å²) < 4.78 is 39.6. The first kappa shape index (κ1) is 16.7. The van der Waals surface area contributed by atoms with E-state index in [1.54, 1.807) is 15.9 Å². The highest BCUT2D eigenvalue weighted by Gasteiger charge is 2.33. The van der Waals surface area contributed by atoms with E-state index in [1.165, 1.54) is 24.7 Å². The summed E-state index contributed by atoms with van der Waals surface area (Å²) in [6.45, 7) is 0.906. The lowest BCUT2D eigenvalue weighted by molar-refractivity contribution is -0.0329. The highest BCUT2D eigenvalue weighted by atomic mass is 32.2. The number of piperidine rings is 1. The number of amides is 1. The van der Waals surface area contributed by atoms with Gasteiger partial charge in [0.1, 0.15) is 17.7 Å². The summed E-state index contributed by atoms with van der Waals surface area (Å²) in [4.78, 5) is 21.7. The van der Waals surface area contributed by atoms with Crippen LogP contribution in [0, 0.1) is 0 Å². The van der Waals surface area contributed by atoms with Crippen molar-refractivity contribution >= 4 is 17.7 Å². The van der Waals surface area contributed by atoms with Crippen LogP contribution in [0.4, 0.5) is 13.2 Å². The third-order valence-corrected chi connectivity index (χ3v) is 4.53. The number of rotatable bonds is 3. The number of hydrogen-bond donors (Lipinski definition) is 0. The van der Waals surface area contributed by atoms with Crippen LogP contribution in [0.3, 0.4) is 0 Å². The van der Waals surface area contributed by atoms with Gasteiger partial charge in [0.05, 0.1) is 11.6 Å². The number of nitrogens with zero attached hydrogens (tertiary/aromatic N) is 5. The van der Waals surface area contributed by atoms with Gasteiger partial charge in [-0.1, -0.05) is 0 Å². The van der Waals surface area contributed by atoms with Gasteiger partial charge in [-0.25, -0.2) is 14.6 Å². The van der Waals surface area contributed by atoms with Crippen LogP contribution in [0.1, 0.15) is 29.2 Å². The molecule has 0 unspecified atom stereocenters. The van der Waals surface area contributed by atoms with Crippen molar-refractivity contribution < 1.29 is 18.0 Å². The fraction of sp³-hybridized carbons (Fsp3) is 0.429. The second-order valence-corrected chi connectivity index (χ2v) is 6.36. The van der Waals surface area contributed by atoms with Gasteiger partial charge in [-0.05, 0) is 25.0 Å². The Morgan fingerprint density at radius 3 is 2.67 bits per heavy atom. The van der Waals surface area contributed by atoms with Gasteiger partial charge in [0, 0.05) is 31.0 Å². The van der Waals surface area contributed by atoms with Gasteiger partial charge in [0.15, 0.2) is 0 Å². The number of aromatic nitrogens is 4. The molecule has 1 fully saturated rings. The lowest BCUT2D eigenvalue weighted by Gasteiger charge is -2.32. The van der Waals surface area contributed by atoms with Crippen LogP contribution in [0.15, 0.2) is 36.0 Å². The predicted octanol–water partition coefficient (Wildman–Crippen LogP) is 2.76. The van der Waals surface area contributed by atoms with Gasteiger partial charge in [0.2, 0.25) is 0 Å². The molecule has 3 rings (SSSR count). The molecular weight excluding hydrogens is 343 g/mol. The molecule has 0 atom stereocenters. The SMILES string of the molecule is O=C(c1cccnc1SC(F)(F)F)N1CCC(n2cncn2)CC1. The van der Waals surface area contributed by atoms with Crippen LogP contribution >= 0.6 is 11.8 Å². The third-order valence-electron chi connectivity index (χ3n) is 3.78. The molecule has 0 N–H and O–H groups in total. The highest BCUT2D eigenvalue weighted by molar-refractivity contribution is 8.00. The van der Waals surface area contributed by atoms with E-state index in [1.807, 2.05) is 0 Å². The van der Waals surface area contributed by atoms with E-state index in [0.29, 0.717) is 25.9 Å². The second kappa shape index (κ2) is 6.80. The summed E-state index contributed by atoms with van der Waals surface area (Å²) in [7, 11) is 0. The first-order valence-corrected chi connectivity index (χ1v) is 8.10. The van der Waals surface area contributed by atoms with Crippen molar-refractivity contribution in [1.82, 2.24) is 24.6 Å². The van der Waals surface area contributed by atoms with Gasteiger partial charge >= 0.3 is 5.51 Å². The molecule has 3 heterocycles. The molecule has 0 spiro atoms. The molecule has 1 aliphatic heterocycles. The quantitative estimate of drug-likeness (QED) is 0.791. The maximum atomic E-state index is 12.6. The minimum atomic E-state index is -4.48. The number of thioether (sulfide) groups is 1. The Morgan fingerprint density at radius 1 is 1.29 bits per heavy atom. The normalized spacial score (nSPS) is 16.4. The number of likely N-dealkylation sites (tertiary alicyclic amines) is 1. The van der Waals surface area contributed by atoms with Crippen molar-refractivity contribution in [2.24, 2.45) is 0 Å². The molecule has 0 saturated carbocycles. The number of hydrogen-bond acceptors (Lipinski definition) is 5. The first-order chi connectivity index (χ1) is 11.4. The second-order valence-electron chi connectivity index (χ2n) is 5.30. The molecule has 2 aromatic heterocycles. The Kier molecular flexibility index (Phi) is 4.74. The largest absolute Gasteiger partial charge is 0.447 e. The zero-order valence-electron chi connectivity index (χ0n) is 12.5. The fourth-order valence-corrected chi connectivity index (χ4v) is 3.25. The molecule has 128 valence electrons. The maximum Gasteiger partial charge on any atom is 0.447 e. The Bertz CT molecular complexity index is 699. The molecule has 1 saturated heterocycles. The molecule has 0 aliphatic carbocycles. The minimum absolute atomic E-state index is 0.0148. The molecule has 0 bridgehead atoms. The van der Waals surface area contributed by atoms with Crippen molar-refractivity contribution in [2.45, 2.75) is 29.4 Å². The molecule has 2 aromatic rings. The van der Waals surface area contributed by atoms with Gasteiger partial charge in [-0.3, -0.25) is 4.79 Å². The Labute approximate surface area is 140 Å². The molecule has 0 radical (unpaired) electrons. The monoisotopic (exact) mass is 357 g/mol. The van der Waals surface area contributed by atoms with Crippen LogP contribution in [0.2, 0.25) is 0 Å². The number of carbonyl (C=O) groups is 1. The van der Waals surface area contributed by atoms with E-state index in [9.17, 15) is 18.0 Å². The van der Waals surface area contributed by atoms with Crippen LogP contribution in [0.25, 0.3) is 0 Å². The first-order valence-electron chi connectivity index (χ1n) is 7.28. The van der Waals surface area contributed by atoms with Crippen molar-refractivity contribution in [3.05, 3.63) is 36.5 Å². The topological polar surface area (TPSA) is 63.9 Å². The van der Waals surface area contributed by atoms with Crippen LogP contribution < -0.4 is 0 Å². The smallest absolute Gasteiger partial charge is 0.338 e. The van der Waals surface area contributed by atoms with Gasteiger partial charge < -0.3 is 4.90 Å². The van der Waals surface area contributed by atoms with E-state index in [0.717, 1.165) is 0 Å². The van der Waals surface area contributed by atoms with Crippen molar-refractivity contribution in [1.29, 1.82) is 0 Å². The average Bonchev–Trinajstić information content (AvgIpc) is 3.08. The summed E-state index contributed by atoms with van der Waals surface area (Å²) in [5, 5.41) is 3.77. The van der Waals surface area contributed by atoms with Crippen molar-refractivity contribution in [3.63, 3.8) is 0 Å². The minimum Gasteiger partial charge on any atom is -0.338 e. The van der Waals surface area contributed by atoms with Crippen molar-refractivity contribution in [3.8, 4) is 0 Å². The van der Waals surface area contributed by atoms with E-state index < -0.39 is 11.4 Å². The number of carbonyl (C=O) groups excluding carboxylic acids is 1. The zero-order chi connectivity index (χ0) is 17.2. The van der Waals surface area contributed by atoms with Crippen molar-refractivity contribution in [2.75, 3.05) is 13.1 Å². The van der Waals surface area contributed by atoms with Gasteiger partial charge in [-0.2, -0.15) is 18.3 Å². The molecule has 1 amide bonds. The molecule has 10 heteroatoms. The lowest BCUT2D eigenvalue weighted by atomic mass is 10.0. The molecular formula is C14H14F3N5OS. The predicted molar refractivity (Wildman–Crippen MR) is 80.3 cm³/mol. The molecule has 0 aromatic carbocycles. The van der Waals surface area contributed by atoms with Crippen LogP contribution in [-0.2, 0) is 0 Å². The standard InChI is InChI=1S/C14H14F3N5OS/c15-14(16,17)24-12-11(2-1-5-19-12)13(23)21-6-3-10(4-7-21)22-9-18-8-20-22/h1-2,5,8-10H,3-4,6-7H2. The number of halogens is 3. The number of alkyl halides is 3. The van der Waals surface area contributed by atoms with E-state index >= 15 is 0 Å². The van der Waals surface area contributed by atoms with Crippen LogP contribution in [0.5, 0.6) is 0 Å². The summed E-state index contributed by atoms with van der Waals surface area (Å²) in [5.74, 6) is -0.424. The van der Waals surface area contributed by atoms with E-state index in [4.69, 9.17) is 0 Å². The zero-order valence-corrected chi connectivity index (χ0v) is 13.3.